The van der Waals surface area contributed by atoms with E-state index in [9.17, 15) is 0 Å². The molecule has 1 saturated carbocycles. The van der Waals surface area contributed by atoms with E-state index in [1.807, 2.05) is 10.7 Å². The highest BCUT2D eigenvalue weighted by Crippen LogP contribution is 2.37. The predicted molar refractivity (Wildman–Crippen MR) is 45.9 cm³/mol. The molecule has 0 radical (unpaired) electrons. The molecule has 0 N–H and O–H groups in total. The van der Waals surface area contributed by atoms with Crippen LogP contribution in [0.2, 0.25) is 0 Å². The van der Waals surface area contributed by atoms with Crippen molar-refractivity contribution in [3.8, 4) is 0 Å². The van der Waals surface area contributed by atoms with Crippen molar-refractivity contribution in [1.82, 2.24) is 9.78 Å². The molecule has 2 rings (SSSR count). The van der Waals surface area contributed by atoms with Gasteiger partial charge in [-0.2, -0.15) is 5.10 Å². The van der Waals surface area contributed by atoms with Gasteiger partial charge in [0.05, 0.1) is 6.04 Å². The fraction of sp³-hybridized carbons (Fsp3) is 0.500. The molecule has 0 amide bonds. The zero-order valence-electron chi connectivity index (χ0n) is 5.22. The van der Waals surface area contributed by atoms with E-state index in [1.165, 1.54) is 12.8 Å². The molecule has 1 fully saturated rings. The summed E-state index contributed by atoms with van der Waals surface area (Å²) in [6.07, 6.45) is 2.54. The summed E-state index contributed by atoms with van der Waals surface area (Å²) in [5.41, 5.74) is 0. The van der Waals surface area contributed by atoms with Crippen molar-refractivity contribution < 1.29 is 0 Å². The van der Waals surface area contributed by atoms with Crippen LogP contribution in [0.25, 0.3) is 0 Å². The molecular formula is C6H6Br2N2. The first-order valence-electron chi connectivity index (χ1n) is 3.18. The van der Waals surface area contributed by atoms with Crippen LogP contribution in [0.5, 0.6) is 0 Å². The maximum absolute atomic E-state index is 4.26. The van der Waals surface area contributed by atoms with Crippen LogP contribution in [0.1, 0.15) is 18.9 Å². The van der Waals surface area contributed by atoms with Crippen LogP contribution in [0.3, 0.4) is 0 Å². The molecule has 0 bridgehead atoms. The third-order valence-electron chi connectivity index (χ3n) is 1.55. The van der Waals surface area contributed by atoms with Crippen molar-refractivity contribution in [2.75, 3.05) is 0 Å². The van der Waals surface area contributed by atoms with Gasteiger partial charge < -0.3 is 0 Å². The van der Waals surface area contributed by atoms with E-state index in [1.54, 1.807) is 0 Å². The Labute approximate surface area is 75.9 Å². The summed E-state index contributed by atoms with van der Waals surface area (Å²) in [6, 6.07) is 2.62. The average Bonchev–Trinajstić information content (AvgIpc) is 2.61. The highest BCUT2D eigenvalue weighted by molar-refractivity contribution is 9.11. The molecule has 1 aromatic rings. The van der Waals surface area contributed by atoms with E-state index in [4.69, 9.17) is 0 Å². The number of hydrogen-bond acceptors (Lipinski definition) is 1. The third-order valence-corrected chi connectivity index (χ3v) is 2.53. The first-order chi connectivity index (χ1) is 4.77. The number of hydrogen-bond donors (Lipinski definition) is 0. The molecule has 0 unspecified atom stereocenters. The Morgan fingerprint density at radius 2 is 2.20 bits per heavy atom. The quantitative estimate of drug-likeness (QED) is 0.764. The Hall–Kier alpha value is 0.170. The third kappa shape index (κ3) is 1.14. The van der Waals surface area contributed by atoms with Crippen LogP contribution < -0.4 is 0 Å². The van der Waals surface area contributed by atoms with Crippen molar-refractivity contribution in [3.05, 3.63) is 15.3 Å². The average molecular weight is 266 g/mol. The van der Waals surface area contributed by atoms with E-state index >= 15 is 0 Å². The van der Waals surface area contributed by atoms with Crippen molar-refractivity contribution >= 4 is 31.9 Å². The van der Waals surface area contributed by atoms with Crippen LogP contribution >= 0.6 is 31.9 Å². The lowest BCUT2D eigenvalue weighted by Crippen LogP contribution is -1.95. The molecule has 1 heterocycles. The van der Waals surface area contributed by atoms with Crippen LogP contribution in [-0.4, -0.2) is 9.78 Å². The summed E-state index contributed by atoms with van der Waals surface area (Å²) in [6.45, 7) is 0. The lowest BCUT2D eigenvalue weighted by atomic mass is 10.7. The fourth-order valence-electron chi connectivity index (χ4n) is 0.919. The SMILES string of the molecule is Brc1cc(Br)n(C2CC2)n1. The monoisotopic (exact) mass is 264 g/mol. The molecule has 0 spiro atoms. The first-order valence-corrected chi connectivity index (χ1v) is 4.76. The normalized spacial score (nSPS) is 17.8. The maximum Gasteiger partial charge on any atom is 0.129 e. The van der Waals surface area contributed by atoms with E-state index in [0.717, 1.165) is 9.21 Å². The van der Waals surface area contributed by atoms with Gasteiger partial charge in [0.15, 0.2) is 0 Å². The highest BCUT2D eigenvalue weighted by Gasteiger charge is 2.26. The van der Waals surface area contributed by atoms with Crippen LogP contribution in [0.15, 0.2) is 15.3 Å². The molecule has 10 heavy (non-hydrogen) atoms. The summed E-state index contributed by atoms with van der Waals surface area (Å²) >= 11 is 6.75. The number of halogens is 2. The molecule has 2 nitrogen and oxygen atoms in total. The van der Waals surface area contributed by atoms with Crippen LogP contribution in [0.4, 0.5) is 0 Å². The fourth-order valence-corrected chi connectivity index (χ4v) is 2.20. The Bertz CT molecular complexity index is 252. The van der Waals surface area contributed by atoms with Crippen LogP contribution in [0, 0.1) is 0 Å². The number of nitrogens with zero attached hydrogens (tertiary/aromatic N) is 2. The minimum atomic E-state index is 0.653. The van der Waals surface area contributed by atoms with Gasteiger partial charge >= 0.3 is 0 Å². The molecular weight excluding hydrogens is 260 g/mol. The first kappa shape index (κ1) is 6.85. The maximum atomic E-state index is 4.26. The van der Waals surface area contributed by atoms with Gasteiger partial charge in [-0.05, 0) is 44.7 Å². The molecule has 1 aliphatic carbocycles. The molecule has 1 aromatic heterocycles. The lowest BCUT2D eigenvalue weighted by Gasteiger charge is -1.96. The Morgan fingerprint density at radius 1 is 1.50 bits per heavy atom. The second-order valence-electron chi connectivity index (χ2n) is 2.47. The van der Waals surface area contributed by atoms with Gasteiger partial charge in [-0.3, -0.25) is 4.68 Å². The zero-order chi connectivity index (χ0) is 7.14. The summed E-state index contributed by atoms with van der Waals surface area (Å²) in [7, 11) is 0. The van der Waals surface area contributed by atoms with Crippen molar-refractivity contribution in [3.63, 3.8) is 0 Å². The van der Waals surface area contributed by atoms with Gasteiger partial charge in [0, 0.05) is 6.07 Å². The lowest BCUT2D eigenvalue weighted by molar-refractivity contribution is 0.623. The molecule has 0 saturated heterocycles. The van der Waals surface area contributed by atoms with Crippen molar-refractivity contribution in [2.24, 2.45) is 0 Å². The second kappa shape index (κ2) is 2.34. The van der Waals surface area contributed by atoms with Gasteiger partial charge in [-0.1, -0.05) is 0 Å². The standard InChI is InChI=1S/C6H6Br2N2/c7-5-3-6(8)10(9-5)4-1-2-4/h3-4H,1-2H2. The molecule has 4 heteroatoms. The molecule has 0 aromatic carbocycles. The second-order valence-corrected chi connectivity index (χ2v) is 4.09. The van der Waals surface area contributed by atoms with Gasteiger partial charge in [0.2, 0.25) is 0 Å². The molecule has 54 valence electrons. The Balaban J connectivity index is 2.38. The Kier molecular flexibility index (Phi) is 1.60. The zero-order valence-corrected chi connectivity index (χ0v) is 8.39. The van der Waals surface area contributed by atoms with Gasteiger partial charge in [0.25, 0.3) is 0 Å². The van der Waals surface area contributed by atoms with Gasteiger partial charge in [0.1, 0.15) is 9.21 Å². The molecule has 0 atom stereocenters. The van der Waals surface area contributed by atoms with Gasteiger partial charge in [-0.25, -0.2) is 0 Å². The van der Waals surface area contributed by atoms with Crippen molar-refractivity contribution in [2.45, 2.75) is 18.9 Å². The molecule has 0 aliphatic heterocycles. The summed E-state index contributed by atoms with van der Waals surface area (Å²) < 4.78 is 4.00. The van der Waals surface area contributed by atoms with Crippen molar-refractivity contribution in [1.29, 1.82) is 0 Å². The minimum Gasteiger partial charge on any atom is -0.254 e. The topological polar surface area (TPSA) is 17.8 Å². The van der Waals surface area contributed by atoms with Gasteiger partial charge in [-0.15, -0.1) is 0 Å². The Morgan fingerprint density at radius 3 is 2.60 bits per heavy atom. The van der Waals surface area contributed by atoms with Crippen LogP contribution in [-0.2, 0) is 0 Å². The predicted octanol–water partition coefficient (Wildman–Crippen LogP) is 2.74. The summed E-state index contributed by atoms with van der Waals surface area (Å²) in [5.74, 6) is 0. The number of aromatic nitrogens is 2. The smallest absolute Gasteiger partial charge is 0.129 e. The van der Waals surface area contributed by atoms with E-state index in [0.29, 0.717) is 6.04 Å². The largest absolute Gasteiger partial charge is 0.254 e. The van der Waals surface area contributed by atoms with E-state index in [2.05, 4.69) is 37.0 Å². The molecule has 1 aliphatic rings. The van der Waals surface area contributed by atoms with E-state index in [-0.39, 0.29) is 0 Å². The summed E-state index contributed by atoms with van der Waals surface area (Å²) in [4.78, 5) is 0. The van der Waals surface area contributed by atoms with E-state index < -0.39 is 0 Å². The highest BCUT2D eigenvalue weighted by atomic mass is 79.9. The summed E-state index contributed by atoms with van der Waals surface area (Å²) in [5, 5.41) is 4.26. The number of rotatable bonds is 1. The minimum absolute atomic E-state index is 0.653.